The first-order chi connectivity index (χ1) is 13.7. The van der Waals surface area contributed by atoms with Crippen LogP contribution in [0.3, 0.4) is 0 Å². The Morgan fingerprint density at radius 3 is 2.86 bits per heavy atom. The lowest BCUT2D eigenvalue weighted by Gasteiger charge is -2.43. The van der Waals surface area contributed by atoms with Gasteiger partial charge >= 0.3 is 0 Å². The Morgan fingerprint density at radius 1 is 1.29 bits per heavy atom. The Bertz CT molecular complexity index is 622. The van der Waals surface area contributed by atoms with Crippen molar-refractivity contribution in [1.82, 2.24) is 15.1 Å². The highest BCUT2D eigenvalue weighted by Crippen LogP contribution is 2.29. The first-order valence-corrected chi connectivity index (χ1v) is 11.0. The van der Waals surface area contributed by atoms with Crippen LogP contribution in [0.15, 0.2) is 24.3 Å². The molecule has 2 heterocycles. The molecule has 156 valence electrons. The molecule has 0 spiro atoms. The van der Waals surface area contributed by atoms with Gasteiger partial charge in [0.05, 0.1) is 6.61 Å². The number of amides is 1. The molecule has 1 N–H and O–H groups in total. The first kappa shape index (κ1) is 21.6. The standard InChI is InChI=1S/C22H34ClN3O2/c1-28-14-10-24-22(27)8-7-19-17-25(16-18-5-4-6-20(23)15-18)13-9-21(19)26-11-2-3-12-26/h4-6,15,19,21H,2-3,7-14,16-17H2,1H3,(H,24,27)/t19-,21+/m0/s1. The second-order valence-electron chi connectivity index (χ2n) is 8.11. The molecule has 2 saturated heterocycles. The SMILES string of the molecule is COCCNC(=O)CC[C@H]1CN(Cc2cccc(Cl)c2)CC[C@H]1N1CCCC1. The zero-order valence-electron chi connectivity index (χ0n) is 17.0. The van der Waals surface area contributed by atoms with Crippen LogP contribution in [0.25, 0.3) is 0 Å². The molecule has 1 aromatic rings. The van der Waals surface area contributed by atoms with Gasteiger partial charge in [-0.3, -0.25) is 9.69 Å². The van der Waals surface area contributed by atoms with Gasteiger partial charge in [0.25, 0.3) is 0 Å². The van der Waals surface area contributed by atoms with E-state index in [9.17, 15) is 4.79 Å². The van der Waals surface area contributed by atoms with Crippen LogP contribution < -0.4 is 5.32 Å². The van der Waals surface area contributed by atoms with E-state index in [2.05, 4.69) is 27.2 Å². The molecule has 5 nitrogen and oxygen atoms in total. The lowest BCUT2D eigenvalue weighted by molar-refractivity contribution is -0.121. The van der Waals surface area contributed by atoms with Gasteiger partial charge in [-0.25, -0.2) is 0 Å². The summed E-state index contributed by atoms with van der Waals surface area (Å²) in [7, 11) is 1.66. The highest BCUT2D eigenvalue weighted by molar-refractivity contribution is 6.30. The van der Waals surface area contributed by atoms with Crippen molar-refractivity contribution in [2.24, 2.45) is 5.92 Å². The third-order valence-corrected chi connectivity index (χ3v) is 6.29. The largest absolute Gasteiger partial charge is 0.383 e. The number of carbonyl (C=O) groups is 1. The van der Waals surface area contributed by atoms with E-state index < -0.39 is 0 Å². The molecule has 2 aliphatic heterocycles. The number of likely N-dealkylation sites (tertiary alicyclic amines) is 2. The Labute approximate surface area is 174 Å². The molecule has 0 radical (unpaired) electrons. The van der Waals surface area contributed by atoms with Crippen molar-refractivity contribution >= 4 is 17.5 Å². The van der Waals surface area contributed by atoms with Crippen LogP contribution in [-0.2, 0) is 16.1 Å². The summed E-state index contributed by atoms with van der Waals surface area (Å²) in [6, 6.07) is 8.78. The Hall–Kier alpha value is -1.14. The van der Waals surface area contributed by atoms with Gasteiger partial charge in [-0.2, -0.15) is 0 Å². The number of rotatable bonds is 9. The molecule has 0 saturated carbocycles. The van der Waals surface area contributed by atoms with Crippen LogP contribution >= 0.6 is 11.6 Å². The lowest BCUT2D eigenvalue weighted by atomic mass is 9.86. The van der Waals surface area contributed by atoms with E-state index in [-0.39, 0.29) is 5.91 Å². The van der Waals surface area contributed by atoms with Gasteiger partial charge in [-0.05, 0) is 68.9 Å². The zero-order valence-corrected chi connectivity index (χ0v) is 17.8. The maximum absolute atomic E-state index is 12.2. The summed E-state index contributed by atoms with van der Waals surface area (Å²) in [5.74, 6) is 0.684. The van der Waals surface area contributed by atoms with Crippen molar-refractivity contribution in [2.45, 2.75) is 44.7 Å². The van der Waals surface area contributed by atoms with Gasteiger partial charge in [0.2, 0.25) is 5.91 Å². The number of nitrogens with zero attached hydrogens (tertiary/aromatic N) is 2. The molecule has 1 aromatic carbocycles. The smallest absolute Gasteiger partial charge is 0.220 e. The third-order valence-electron chi connectivity index (χ3n) is 6.05. The number of piperidine rings is 1. The molecule has 0 bridgehead atoms. The lowest BCUT2D eigenvalue weighted by Crippen LogP contribution is -2.50. The summed E-state index contributed by atoms with van der Waals surface area (Å²) >= 11 is 6.16. The zero-order chi connectivity index (χ0) is 19.8. The van der Waals surface area contributed by atoms with E-state index in [0.29, 0.717) is 31.5 Å². The number of methoxy groups -OCH3 is 1. The van der Waals surface area contributed by atoms with Gasteiger partial charge in [0.1, 0.15) is 0 Å². The molecule has 2 atom stereocenters. The van der Waals surface area contributed by atoms with Crippen molar-refractivity contribution in [3.63, 3.8) is 0 Å². The second-order valence-corrected chi connectivity index (χ2v) is 8.54. The number of ether oxygens (including phenoxy) is 1. The average molecular weight is 408 g/mol. The van der Waals surface area contributed by atoms with Gasteiger partial charge in [-0.1, -0.05) is 23.7 Å². The summed E-state index contributed by atoms with van der Waals surface area (Å²) in [5.41, 5.74) is 1.27. The highest BCUT2D eigenvalue weighted by Gasteiger charge is 2.34. The number of halogens is 1. The Balaban J connectivity index is 1.56. The molecule has 28 heavy (non-hydrogen) atoms. The fraction of sp³-hybridized carbons (Fsp3) is 0.682. The molecule has 3 rings (SSSR count). The van der Waals surface area contributed by atoms with Crippen molar-refractivity contribution in [3.05, 3.63) is 34.9 Å². The summed E-state index contributed by atoms with van der Waals surface area (Å²) in [5, 5.41) is 3.76. The molecule has 2 aliphatic rings. The summed E-state index contributed by atoms with van der Waals surface area (Å²) in [6.07, 6.45) is 5.37. The summed E-state index contributed by atoms with van der Waals surface area (Å²) in [4.78, 5) is 17.4. The molecular formula is C22H34ClN3O2. The highest BCUT2D eigenvalue weighted by atomic mass is 35.5. The van der Waals surface area contributed by atoms with Gasteiger partial charge < -0.3 is 15.0 Å². The van der Waals surface area contributed by atoms with Gasteiger partial charge in [0.15, 0.2) is 0 Å². The fourth-order valence-corrected chi connectivity index (χ4v) is 4.88. The minimum Gasteiger partial charge on any atom is -0.383 e. The maximum atomic E-state index is 12.2. The third kappa shape index (κ3) is 6.45. The van der Waals surface area contributed by atoms with Crippen LogP contribution in [0.5, 0.6) is 0 Å². The van der Waals surface area contributed by atoms with E-state index in [1.165, 1.54) is 37.9 Å². The molecule has 0 unspecified atom stereocenters. The van der Waals surface area contributed by atoms with Crippen LogP contribution in [0, 0.1) is 5.92 Å². The summed E-state index contributed by atoms with van der Waals surface area (Å²) < 4.78 is 5.01. The molecule has 6 heteroatoms. The van der Waals surface area contributed by atoms with Crippen molar-refractivity contribution < 1.29 is 9.53 Å². The van der Waals surface area contributed by atoms with Crippen molar-refractivity contribution in [3.8, 4) is 0 Å². The number of hydrogen-bond acceptors (Lipinski definition) is 4. The Kier molecular flexibility index (Phi) is 8.59. The predicted molar refractivity (Wildman–Crippen MR) is 114 cm³/mol. The van der Waals surface area contributed by atoms with Gasteiger partial charge in [-0.15, -0.1) is 0 Å². The fourth-order valence-electron chi connectivity index (χ4n) is 4.67. The van der Waals surface area contributed by atoms with E-state index in [0.717, 1.165) is 31.1 Å². The normalized spacial score (nSPS) is 23.8. The van der Waals surface area contributed by atoms with Crippen molar-refractivity contribution in [1.29, 1.82) is 0 Å². The van der Waals surface area contributed by atoms with E-state index >= 15 is 0 Å². The number of hydrogen-bond donors (Lipinski definition) is 1. The number of carbonyl (C=O) groups excluding carboxylic acids is 1. The van der Waals surface area contributed by atoms with Crippen LogP contribution in [-0.4, -0.2) is 68.2 Å². The van der Waals surface area contributed by atoms with Crippen molar-refractivity contribution in [2.75, 3.05) is 46.4 Å². The van der Waals surface area contributed by atoms with Crippen LogP contribution in [0.2, 0.25) is 5.02 Å². The predicted octanol–water partition coefficient (Wildman–Crippen LogP) is 3.17. The van der Waals surface area contributed by atoms with Crippen LogP contribution in [0.4, 0.5) is 0 Å². The quantitative estimate of drug-likeness (QED) is 0.638. The molecular weight excluding hydrogens is 374 g/mol. The second kappa shape index (κ2) is 11.1. The van der Waals surface area contributed by atoms with Crippen LogP contribution in [0.1, 0.15) is 37.7 Å². The van der Waals surface area contributed by atoms with Gasteiger partial charge in [0, 0.05) is 44.2 Å². The minimum absolute atomic E-state index is 0.143. The molecule has 1 amide bonds. The molecule has 0 aliphatic carbocycles. The van der Waals surface area contributed by atoms with E-state index in [4.69, 9.17) is 16.3 Å². The monoisotopic (exact) mass is 407 g/mol. The average Bonchev–Trinajstić information content (AvgIpc) is 3.21. The number of benzene rings is 1. The first-order valence-electron chi connectivity index (χ1n) is 10.6. The topological polar surface area (TPSA) is 44.8 Å². The number of nitrogens with one attached hydrogen (secondary N) is 1. The van der Waals surface area contributed by atoms with E-state index in [1.807, 2.05) is 12.1 Å². The summed E-state index contributed by atoms with van der Waals surface area (Å²) in [6.45, 7) is 6.70. The van der Waals surface area contributed by atoms with E-state index in [1.54, 1.807) is 7.11 Å². The Morgan fingerprint density at radius 2 is 2.11 bits per heavy atom. The molecule has 2 fully saturated rings. The minimum atomic E-state index is 0.143. The maximum Gasteiger partial charge on any atom is 0.220 e. The molecule has 0 aromatic heterocycles.